The molecule has 0 aliphatic carbocycles. The van der Waals surface area contributed by atoms with Gasteiger partial charge in [0.1, 0.15) is 11.6 Å². The highest BCUT2D eigenvalue weighted by atomic mass is 19.3. The van der Waals surface area contributed by atoms with Gasteiger partial charge in [-0.3, -0.25) is 14.5 Å². The lowest BCUT2D eigenvalue weighted by Crippen LogP contribution is -2.52. The Morgan fingerprint density at radius 1 is 1.18 bits per heavy atom. The van der Waals surface area contributed by atoms with Crippen LogP contribution < -0.4 is 10.9 Å². The fraction of sp³-hybridized carbons (Fsp3) is 0.320. The van der Waals surface area contributed by atoms with Crippen molar-refractivity contribution in [2.24, 2.45) is 0 Å². The molecule has 0 spiro atoms. The van der Waals surface area contributed by atoms with Gasteiger partial charge in [-0.25, -0.2) is 18.2 Å². The van der Waals surface area contributed by atoms with Crippen molar-refractivity contribution in [3.05, 3.63) is 94.3 Å². The van der Waals surface area contributed by atoms with Gasteiger partial charge in [0.05, 0.1) is 24.7 Å². The highest BCUT2D eigenvalue weighted by Crippen LogP contribution is 2.40. The van der Waals surface area contributed by atoms with Crippen LogP contribution in [-0.2, 0) is 11.3 Å². The van der Waals surface area contributed by atoms with Gasteiger partial charge in [0.2, 0.25) is 5.91 Å². The Kier molecular flexibility index (Phi) is 6.83. The van der Waals surface area contributed by atoms with E-state index in [0.29, 0.717) is 5.56 Å². The van der Waals surface area contributed by atoms with Crippen molar-refractivity contribution < 1.29 is 18.0 Å². The van der Waals surface area contributed by atoms with Gasteiger partial charge < -0.3 is 9.88 Å². The van der Waals surface area contributed by atoms with Crippen molar-refractivity contribution in [3.8, 4) is 0 Å². The quantitative estimate of drug-likeness (QED) is 0.594. The molecular weight excluding hydrogens is 445 g/mol. The van der Waals surface area contributed by atoms with Crippen LogP contribution in [0.15, 0.2) is 71.8 Å². The topological polar surface area (TPSA) is 67.2 Å². The molecule has 2 aromatic heterocycles. The van der Waals surface area contributed by atoms with E-state index in [4.69, 9.17) is 0 Å². The van der Waals surface area contributed by atoms with Crippen molar-refractivity contribution in [2.45, 2.75) is 37.8 Å². The highest BCUT2D eigenvalue weighted by Gasteiger charge is 2.46. The van der Waals surface area contributed by atoms with Crippen LogP contribution >= 0.6 is 0 Å². The van der Waals surface area contributed by atoms with E-state index in [9.17, 15) is 22.8 Å². The summed E-state index contributed by atoms with van der Waals surface area (Å²) in [5, 5.41) is 2.59. The minimum atomic E-state index is -2.99. The second-order valence-electron chi connectivity index (χ2n) is 8.50. The number of likely N-dealkylation sites (tertiary alicyclic amines) is 1. The molecule has 2 atom stereocenters. The Bertz CT molecular complexity index is 1200. The van der Waals surface area contributed by atoms with Gasteiger partial charge in [-0.2, -0.15) is 0 Å². The number of nitrogens with zero attached hydrogens (tertiary/aromatic N) is 3. The molecular formula is C25H25F3N4O2. The Labute approximate surface area is 195 Å². The van der Waals surface area contributed by atoms with Gasteiger partial charge in [-0.05, 0) is 30.2 Å². The molecule has 6 nitrogen and oxygen atoms in total. The third kappa shape index (κ3) is 5.36. The van der Waals surface area contributed by atoms with Crippen molar-refractivity contribution in [3.63, 3.8) is 0 Å². The second kappa shape index (κ2) is 9.80. The number of hydrogen-bond donors (Lipinski definition) is 1. The van der Waals surface area contributed by atoms with Crippen LogP contribution in [0.1, 0.15) is 30.4 Å². The van der Waals surface area contributed by atoms with Gasteiger partial charge in [0.25, 0.3) is 11.5 Å². The predicted molar refractivity (Wildman–Crippen MR) is 122 cm³/mol. The van der Waals surface area contributed by atoms with E-state index < -0.39 is 36.0 Å². The lowest BCUT2D eigenvalue weighted by atomic mass is 9.87. The Morgan fingerprint density at radius 3 is 2.65 bits per heavy atom. The molecule has 3 heterocycles. The molecule has 0 bridgehead atoms. The maximum atomic E-state index is 15.0. The highest BCUT2D eigenvalue weighted by molar-refractivity contribution is 5.93. The van der Waals surface area contributed by atoms with Crippen molar-refractivity contribution in [2.75, 3.05) is 18.4 Å². The van der Waals surface area contributed by atoms with Crippen LogP contribution in [0.4, 0.5) is 19.0 Å². The molecule has 4 rings (SSSR count). The number of alkyl halides is 2. The largest absolute Gasteiger partial charge is 0.311 e. The average molecular weight is 470 g/mol. The lowest BCUT2D eigenvalue weighted by Gasteiger charge is -2.40. The molecule has 1 aliphatic rings. The molecule has 178 valence electrons. The van der Waals surface area contributed by atoms with Crippen LogP contribution in [0.2, 0.25) is 0 Å². The number of anilines is 1. The number of benzene rings is 1. The van der Waals surface area contributed by atoms with E-state index in [1.54, 1.807) is 11.8 Å². The SMILES string of the molecule is C[C@@H](C(=O)Nc1ccc(F)cn1)N1CCC(F)(F)C(c2ccc(=O)n(Cc3ccccc3)c2)C1. The first-order valence-electron chi connectivity index (χ1n) is 11.0. The number of carbonyl (C=O) groups is 1. The van der Waals surface area contributed by atoms with Crippen molar-refractivity contribution >= 4 is 11.7 Å². The normalized spacial score (nSPS) is 18.9. The molecule has 1 aliphatic heterocycles. The summed E-state index contributed by atoms with van der Waals surface area (Å²) in [5.41, 5.74) is 0.958. The third-order valence-electron chi connectivity index (χ3n) is 6.17. The third-order valence-corrected chi connectivity index (χ3v) is 6.17. The first kappa shape index (κ1) is 23.7. The summed E-state index contributed by atoms with van der Waals surface area (Å²) >= 11 is 0. The van der Waals surface area contributed by atoms with Gasteiger partial charge in [-0.15, -0.1) is 0 Å². The zero-order chi connectivity index (χ0) is 24.3. The summed E-state index contributed by atoms with van der Waals surface area (Å²) in [7, 11) is 0. The Morgan fingerprint density at radius 2 is 1.94 bits per heavy atom. The summed E-state index contributed by atoms with van der Waals surface area (Å²) in [5.74, 6) is -4.92. The molecule has 1 fully saturated rings. The first-order chi connectivity index (χ1) is 16.2. The van der Waals surface area contributed by atoms with E-state index >= 15 is 0 Å². The smallest absolute Gasteiger partial charge is 0.257 e. The van der Waals surface area contributed by atoms with Crippen LogP contribution in [0.25, 0.3) is 0 Å². The maximum absolute atomic E-state index is 15.0. The van der Waals surface area contributed by atoms with Crippen LogP contribution in [-0.4, -0.2) is 45.4 Å². The van der Waals surface area contributed by atoms with E-state index in [-0.39, 0.29) is 31.0 Å². The molecule has 34 heavy (non-hydrogen) atoms. The van der Waals surface area contributed by atoms with E-state index in [2.05, 4.69) is 10.3 Å². The molecule has 1 aromatic carbocycles. The summed E-state index contributed by atoms with van der Waals surface area (Å²) < 4.78 is 44.4. The van der Waals surface area contributed by atoms with Crippen LogP contribution in [0, 0.1) is 5.82 Å². The monoisotopic (exact) mass is 470 g/mol. The maximum Gasteiger partial charge on any atom is 0.257 e. The fourth-order valence-electron chi connectivity index (χ4n) is 4.13. The zero-order valence-electron chi connectivity index (χ0n) is 18.6. The van der Waals surface area contributed by atoms with Gasteiger partial charge in [0.15, 0.2) is 0 Å². The van der Waals surface area contributed by atoms with E-state index in [1.807, 2.05) is 30.3 Å². The molecule has 1 saturated heterocycles. The molecule has 1 N–H and O–H groups in total. The number of nitrogens with one attached hydrogen (secondary N) is 1. The Hall–Kier alpha value is -3.46. The van der Waals surface area contributed by atoms with Gasteiger partial charge in [-0.1, -0.05) is 36.4 Å². The average Bonchev–Trinajstić information content (AvgIpc) is 2.82. The molecule has 0 radical (unpaired) electrons. The number of halogens is 3. The summed E-state index contributed by atoms with van der Waals surface area (Å²) in [4.78, 5) is 30.5. The summed E-state index contributed by atoms with van der Waals surface area (Å²) in [6.45, 7) is 1.90. The standard InChI is InChI=1S/C25H25F3N4O2/c1-17(24(34)30-22-9-8-20(26)13-29-22)31-12-11-25(27,28)21(16-31)19-7-10-23(33)32(15-19)14-18-5-3-2-4-6-18/h2-10,13,15,17,21H,11-12,14,16H2,1H3,(H,29,30,34)/t17-,21?/m0/s1. The first-order valence-corrected chi connectivity index (χ1v) is 11.0. The molecule has 1 unspecified atom stereocenters. The number of carbonyl (C=O) groups excluding carboxylic acids is 1. The molecule has 3 aromatic rings. The van der Waals surface area contributed by atoms with Gasteiger partial charge >= 0.3 is 0 Å². The molecule has 0 saturated carbocycles. The second-order valence-corrected chi connectivity index (χ2v) is 8.50. The van der Waals surface area contributed by atoms with Crippen LogP contribution in [0.3, 0.4) is 0 Å². The number of pyridine rings is 2. The van der Waals surface area contributed by atoms with E-state index in [1.165, 1.54) is 35.0 Å². The minimum Gasteiger partial charge on any atom is -0.311 e. The number of amides is 1. The number of rotatable bonds is 6. The zero-order valence-corrected chi connectivity index (χ0v) is 18.6. The fourth-order valence-corrected chi connectivity index (χ4v) is 4.13. The van der Waals surface area contributed by atoms with Crippen molar-refractivity contribution in [1.82, 2.24) is 14.5 Å². The van der Waals surface area contributed by atoms with Crippen LogP contribution in [0.5, 0.6) is 0 Å². The number of hydrogen-bond acceptors (Lipinski definition) is 4. The molecule has 9 heteroatoms. The van der Waals surface area contributed by atoms with Gasteiger partial charge in [0, 0.05) is 31.8 Å². The predicted octanol–water partition coefficient (Wildman–Crippen LogP) is 3.88. The van der Waals surface area contributed by atoms with Crippen molar-refractivity contribution in [1.29, 1.82) is 0 Å². The number of aromatic nitrogens is 2. The summed E-state index contributed by atoms with van der Waals surface area (Å²) in [6, 6.07) is 13.9. The number of piperidine rings is 1. The summed E-state index contributed by atoms with van der Waals surface area (Å²) in [6.07, 6.45) is 2.06. The lowest BCUT2D eigenvalue weighted by molar-refractivity contribution is -0.125. The van der Waals surface area contributed by atoms with E-state index in [0.717, 1.165) is 11.8 Å². The minimum absolute atomic E-state index is 0.0403. The molecule has 1 amide bonds. The Balaban J connectivity index is 1.52.